The zero-order valence-corrected chi connectivity index (χ0v) is 6.07. The molecule has 0 fully saturated rings. The summed E-state index contributed by atoms with van der Waals surface area (Å²) in [5, 5.41) is 8.17. The van der Waals surface area contributed by atoms with Gasteiger partial charge in [0.15, 0.2) is 0 Å². The highest BCUT2D eigenvalue weighted by molar-refractivity contribution is 4.74. The molecule has 0 saturated carbocycles. The van der Waals surface area contributed by atoms with Crippen molar-refractivity contribution in [2.75, 3.05) is 6.61 Å². The molecule has 0 aromatic carbocycles. The van der Waals surface area contributed by atoms with Crippen molar-refractivity contribution in [1.29, 1.82) is 0 Å². The van der Waals surface area contributed by atoms with Gasteiger partial charge in [-0.2, -0.15) is 13.2 Å². The average molecular weight is 188 g/mol. The van der Waals surface area contributed by atoms with Crippen molar-refractivity contribution in [3.05, 3.63) is 12.8 Å². The Bertz CT molecular complexity index is 152. The van der Waals surface area contributed by atoms with E-state index in [9.17, 15) is 17.6 Å². The van der Waals surface area contributed by atoms with Crippen molar-refractivity contribution in [2.45, 2.75) is 18.5 Å². The first-order chi connectivity index (χ1) is 5.31. The SMILES string of the molecule is C=COCCC(O)(F)C(F)(F)F. The fraction of sp³-hybridized carbons (Fsp3) is 0.667. The Balaban J connectivity index is 3.95. The molecule has 72 valence electrons. The van der Waals surface area contributed by atoms with Crippen LogP contribution in [0.15, 0.2) is 12.8 Å². The number of aliphatic hydroxyl groups is 1. The number of hydrogen-bond acceptors (Lipinski definition) is 2. The second-order valence-corrected chi connectivity index (χ2v) is 2.04. The predicted molar refractivity (Wildman–Crippen MR) is 32.9 cm³/mol. The maximum absolute atomic E-state index is 12.2. The van der Waals surface area contributed by atoms with Gasteiger partial charge in [-0.15, -0.1) is 0 Å². The van der Waals surface area contributed by atoms with Crippen molar-refractivity contribution < 1.29 is 27.4 Å². The van der Waals surface area contributed by atoms with Crippen LogP contribution in [-0.2, 0) is 4.74 Å². The molecular formula is C6H8F4O2. The molecule has 0 radical (unpaired) electrons. The Morgan fingerprint density at radius 1 is 1.33 bits per heavy atom. The molecule has 0 spiro atoms. The highest BCUT2D eigenvalue weighted by Crippen LogP contribution is 2.34. The number of alkyl halides is 4. The van der Waals surface area contributed by atoms with Crippen LogP contribution >= 0.6 is 0 Å². The third kappa shape index (κ3) is 3.08. The van der Waals surface area contributed by atoms with E-state index in [0.717, 1.165) is 6.26 Å². The van der Waals surface area contributed by atoms with E-state index in [0.29, 0.717) is 0 Å². The lowest BCUT2D eigenvalue weighted by atomic mass is 10.2. The molecule has 0 amide bonds. The van der Waals surface area contributed by atoms with Gasteiger partial charge in [-0.1, -0.05) is 6.58 Å². The molecule has 12 heavy (non-hydrogen) atoms. The van der Waals surface area contributed by atoms with E-state index in [4.69, 9.17) is 5.11 Å². The standard InChI is InChI=1S/C6H8F4O2/c1-2-12-4-3-5(7,11)6(8,9)10/h2,11H,1,3-4H2. The molecule has 1 atom stereocenters. The molecule has 1 N–H and O–H groups in total. The highest BCUT2D eigenvalue weighted by atomic mass is 19.4. The molecule has 0 rings (SSSR count). The predicted octanol–water partition coefficient (Wildman–Crippen LogP) is 1.76. The fourth-order valence-corrected chi connectivity index (χ4v) is 0.419. The van der Waals surface area contributed by atoms with Crippen LogP contribution in [0.2, 0.25) is 0 Å². The summed E-state index contributed by atoms with van der Waals surface area (Å²) in [6.45, 7) is 2.46. The zero-order chi connectivity index (χ0) is 9.83. The molecule has 0 heterocycles. The van der Waals surface area contributed by atoms with E-state index in [-0.39, 0.29) is 0 Å². The molecule has 2 nitrogen and oxygen atoms in total. The molecule has 0 saturated heterocycles. The third-order valence-electron chi connectivity index (χ3n) is 1.10. The summed E-state index contributed by atoms with van der Waals surface area (Å²) in [7, 11) is 0. The summed E-state index contributed by atoms with van der Waals surface area (Å²) in [6.07, 6.45) is -5.58. The first-order valence-corrected chi connectivity index (χ1v) is 3.02. The summed E-state index contributed by atoms with van der Waals surface area (Å²) in [6, 6.07) is 0. The van der Waals surface area contributed by atoms with Gasteiger partial charge in [-0.3, -0.25) is 0 Å². The maximum atomic E-state index is 12.2. The van der Waals surface area contributed by atoms with Gasteiger partial charge in [0.25, 0.3) is 0 Å². The van der Waals surface area contributed by atoms with E-state index >= 15 is 0 Å². The minimum Gasteiger partial charge on any atom is -0.502 e. The minimum absolute atomic E-state index is 0.573. The molecule has 0 aromatic heterocycles. The number of ether oxygens (including phenoxy) is 1. The van der Waals surface area contributed by atoms with Gasteiger partial charge in [0.1, 0.15) is 0 Å². The Morgan fingerprint density at radius 3 is 2.17 bits per heavy atom. The molecule has 0 aliphatic heterocycles. The van der Waals surface area contributed by atoms with Crippen LogP contribution in [0.3, 0.4) is 0 Å². The van der Waals surface area contributed by atoms with Crippen LogP contribution in [0.4, 0.5) is 17.6 Å². The molecule has 0 aliphatic carbocycles. The summed E-state index contributed by atoms with van der Waals surface area (Å²) in [5.74, 6) is -4.18. The van der Waals surface area contributed by atoms with E-state index < -0.39 is 25.1 Å². The Labute approximate surface area is 66.4 Å². The van der Waals surface area contributed by atoms with Gasteiger partial charge in [-0.25, -0.2) is 4.39 Å². The van der Waals surface area contributed by atoms with Crippen LogP contribution < -0.4 is 0 Å². The number of rotatable bonds is 4. The van der Waals surface area contributed by atoms with Crippen molar-refractivity contribution in [3.8, 4) is 0 Å². The first-order valence-electron chi connectivity index (χ1n) is 3.02. The average Bonchev–Trinajstić information content (AvgIpc) is 1.85. The molecule has 0 aliphatic rings. The van der Waals surface area contributed by atoms with Gasteiger partial charge in [0, 0.05) is 6.42 Å². The van der Waals surface area contributed by atoms with Gasteiger partial charge >= 0.3 is 12.0 Å². The van der Waals surface area contributed by atoms with Gasteiger partial charge in [0.05, 0.1) is 12.9 Å². The second kappa shape index (κ2) is 3.75. The fourth-order valence-electron chi connectivity index (χ4n) is 0.419. The quantitative estimate of drug-likeness (QED) is 0.413. The Morgan fingerprint density at radius 2 is 1.83 bits per heavy atom. The topological polar surface area (TPSA) is 29.5 Å². The van der Waals surface area contributed by atoms with E-state index in [1.807, 2.05) is 0 Å². The lowest BCUT2D eigenvalue weighted by Crippen LogP contribution is -2.41. The summed E-state index contributed by atoms with van der Waals surface area (Å²) >= 11 is 0. The van der Waals surface area contributed by atoms with Crippen LogP contribution in [0, 0.1) is 0 Å². The third-order valence-corrected chi connectivity index (χ3v) is 1.10. The van der Waals surface area contributed by atoms with E-state index in [1.165, 1.54) is 0 Å². The molecular weight excluding hydrogens is 180 g/mol. The molecule has 0 aromatic rings. The van der Waals surface area contributed by atoms with Crippen LogP contribution in [0.1, 0.15) is 6.42 Å². The number of halogens is 4. The summed E-state index contributed by atoms with van der Waals surface area (Å²) in [5.41, 5.74) is 0. The van der Waals surface area contributed by atoms with Gasteiger partial charge in [-0.05, 0) is 0 Å². The second-order valence-electron chi connectivity index (χ2n) is 2.04. The molecule has 0 bridgehead atoms. The normalized spacial score (nSPS) is 16.8. The maximum Gasteiger partial charge on any atom is 0.448 e. The highest BCUT2D eigenvalue weighted by Gasteiger charge is 2.54. The molecule has 1 unspecified atom stereocenters. The Hall–Kier alpha value is -0.780. The summed E-state index contributed by atoms with van der Waals surface area (Å²) < 4.78 is 51.1. The van der Waals surface area contributed by atoms with Crippen molar-refractivity contribution in [2.24, 2.45) is 0 Å². The van der Waals surface area contributed by atoms with Gasteiger partial charge < -0.3 is 9.84 Å². The van der Waals surface area contributed by atoms with E-state index in [1.54, 1.807) is 0 Å². The van der Waals surface area contributed by atoms with Gasteiger partial charge in [0.2, 0.25) is 0 Å². The van der Waals surface area contributed by atoms with Crippen LogP contribution in [0.25, 0.3) is 0 Å². The largest absolute Gasteiger partial charge is 0.502 e. The summed E-state index contributed by atoms with van der Waals surface area (Å²) in [4.78, 5) is 0. The lowest BCUT2D eigenvalue weighted by molar-refractivity contribution is -0.319. The number of hydrogen-bond donors (Lipinski definition) is 1. The lowest BCUT2D eigenvalue weighted by Gasteiger charge is -2.21. The van der Waals surface area contributed by atoms with Crippen molar-refractivity contribution in [3.63, 3.8) is 0 Å². The van der Waals surface area contributed by atoms with E-state index in [2.05, 4.69) is 11.3 Å². The monoisotopic (exact) mass is 188 g/mol. The smallest absolute Gasteiger partial charge is 0.448 e. The van der Waals surface area contributed by atoms with Crippen molar-refractivity contribution >= 4 is 0 Å². The molecule has 6 heteroatoms. The van der Waals surface area contributed by atoms with Crippen LogP contribution in [0.5, 0.6) is 0 Å². The van der Waals surface area contributed by atoms with Crippen LogP contribution in [-0.4, -0.2) is 23.7 Å². The van der Waals surface area contributed by atoms with Crippen molar-refractivity contribution in [1.82, 2.24) is 0 Å². The first kappa shape index (κ1) is 11.2. The minimum atomic E-state index is -5.28. The Kier molecular flexibility index (Phi) is 3.51. The zero-order valence-electron chi connectivity index (χ0n) is 6.07.